The molecule has 0 aromatic carbocycles. The Balaban J connectivity index is 1.84. The summed E-state index contributed by atoms with van der Waals surface area (Å²) in [5.74, 6) is 2.10. The number of thioether (sulfide) groups is 1. The van der Waals surface area contributed by atoms with Gasteiger partial charge in [-0.25, -0.2) is 0 Å². The van der Waals surface area contributed by atoms with Gasteiger partial charge in [-0.2, -0.15) is 11.8 Å². The highest BCUT2D eigenvalue weighted by Gasteiger charge is 2.29. The normalized spacial score (nSPS) is 31.6. The molecule has 14 heavy (non-hydrogen) atoms. The molecule has 0 aromatic rings. The van der Waals surface area contributed by atoms with Gasteiger partial charge in [-0.3, -0.25) is 9.59 Å². The molecule has 2 fully saturated rings. The molecule has 0 spiro atoms. The zero-order chi connectivity index (χ0) is 9.97. The molecule has 2 N–H and O–H groups in total. The molecule has 2 heterocycles. The second-order valence-electron chi connectivity index (χ2n) is 3.70. The summed E-state index contributed by atoms with van der Waals surface area (Å²) in [5.41, 5.74) is 0. The fraction of sp³-hybridized carbons (Fsp3) is 0.778. The molecule has 0 bridgehead atoms. The van der Waals surface area contributed by atoms with E-state index in [0.29, 0.717) is 6.54 Å². The highest BCUT2D eigenvalue weighted by Crippen LogP contribution is 2.23. The lowest BCUT2D eigenvalue weighted by Crippen LogP contribution is -2.43. The van der Waals surface area contributed by atoms with E-state index >= 15 is 0 Å². The van der Waals surface area contributed by atoms with Gasteiger partial charge in [0, 0.05) is 18.2 Å². The van der Waals surface area contributed by atoms with Gasteiger partial charge in [-0.1, -0.05) is 0 Å². The van der Waals surface area contributed by atoms with Crippen LogP contribution >= 0.6 is 11.8 Å². The van der Waals surface area contributed by atoms with Crippen LogP contribution in [0.4, 0.5) is 0 Å². The van der Waals surface area contributed by atoms with Crippen LogP contribution in [0.3, 0.4) is 0 Å². The Labute approximate surface area is 87.2 Å². The zero-order valence-electron chi connectivity index (χ0n) is 7.91. The Morgan fingerprint density at radius 2 is 2.36 bits per heavy atom. The highest BCUT2D eigenvalue weighted by molar-refractivity contribution is 7.99. The Morgan fingerprint density at radius 3 is 2.93 bits per heavy atom. The van der Waals surface area contributed by atoms with Gasteiger partial charge >= 0.3 is 0 Å². The van der Waals surface area contributed by atoms with Gasteiger partial charge in [-0.15, -0.1) is 0 Å². The van der Waals surface area contributed by atoms with Crippen molar-refractivity contribution >= 4 is 23.6 Å². The van der Waals surface area contributed by atoms with Crippen LogP contribution in [0, 0.1) is 5.92 Å². The second kappa shape index (κ2) is 4.21. The molecular formula is C9H14N2O2S. The van der Waals surface area contributed by atoms with Crippen LogP contribution in [0.15, 0.2) is 0 Å². The Hall–Kier alpha value is -0.710. The van der Waals surface area contributed by atoms with Crippen LogP contribution in [0.1, 0.15) is 12.8 Å². The third kappa shape index (κ3) is 2.03. The number of nitrogens with one attached hydrogen (secondary N) is 2. The van der Waals surface area contributed by atoms with Gasteiger partial charge in [0.25, 0.3) is 0 Å². The van der Waals surface area contributed by atoms with E-state index in [1.807, 2.05) is 11.8 Å². The molecule has 0 aliphatic carbocycles. The number of amides is 2. The molecule has 2 amide bonds. The van der Waals surface area contributed by atoms with Crippen molar-refractivity contribution in [3.63, 3.8) is 0 Å². The first-order valence-corrected chi connectivity index (χ1v) is 6.08. The average molecular weight is 214 g/mol. The maximum absolute atomic E-state index is 11.6. The first-order chi connectivity index (χ1) is 6.77. The average Bonchev–Trinajstić information content (AvgIpc) is 2.77. The lowest BCUT2D eigenvalue weighted by atomic mass is 10.1. The van der Waals surface area contributed by atoms with Gasteiger partial charge in [0.05, 0.1) is 0 Å². The molecule has 2 atom stereocenters. The van der Waals surface area contributed by atoms with Crippen LogP contribution in [-0.2, 0) is 9.59 Å². The molecule has 2 aliphatic heterocycles. The van der Waals surface area contributed by atoms with Gasteiger partial charge < -0.3 is 10.6 Å². The summed E-state index contributed by atoms with van der Waals surface area (Å²) >= 11 is 1.81. The number of rotatable bonds is 2. The second-order valence-corrected chi connectivity index (χ2v) is 4.85. The number of hydrogen-bond donors (Lipinski definition) is 2. The van der Waals surface area contributed by atoms with E-state index in [1.165, 1.54) is 0 Å². The third-order valence-corrected chi connectivity index (χ3v) is 3.83. The minimum absolute atomic E-state index is 0.0380. The number of carbonyl (C=O) groups is 2. The standard InChI is InChI=1S/C9H14N2O2S/c12-8(6-2-4-14-5-6)11-7-1-3-10-9(7)13/h6-7H,1-5H2,(H,10,13)(H,11,12). The summed E-state index contributed by atoms with van der Waals surface area (Å²) in [4.78, 5) is 22.8. The smallest absolute Gasteiger partial charge is 0.242 e. The summed E-state index contributed by atoms with van der Waals surface area (Å²) < 4.78 is 0. The molecule has 2 rings (SSSR count). The monoisotopic (exact) mass is 214 g/mol. The fourth-order valence-electron chi connectivity index (χ4n) is 1.76. The quantitative estimate of drug-likeness (QED) is 0.666. The third-order valence-electron chi connectivity index (χ3n) is 2.67. The maximum atomic E-state index is 11.6. The molecule has 5 heteroatoms. The number of hydrogen-bond acceptors (Lipinski definition) is 3. The Morgan fingerprint density at radius 1 is 1.50 bits per heavy atom. The Bertz CT molecular complexity index is 251. The minimum Gasteiger partial charge on any atom is -0.354 e. The van der Waals surface area contributed by atoms with Crippen molar-refractivity contribution in [2.45, 2.75) is 18.9 Å². The van der Waals surface area contributed by atoms with Crippen LogP contribution in [0.5, 0.6) is 0 Å². The minimum atomic E-state index is -0.284. The van der Waals surface area contributed by atoms with Gasteiger partial charge in [0.15, 0.2) is 0 Å². The summed E-state index contributed by atoms with van der Waals surface area (Å²) in [6.45, 7) is 0.684. The lowest BCUT2D eigenvalue weighted by molar-refractivity contribution is -0.129. The largest absolute Gasteiger partial charge is 0.354 e. The molecule has 0 saturated carbocycles. The first-order valence-electron chi connectivity index (χ1n) is 4.93. The van der Waals surface area contributed by atoms with Crippen molar-refractivity contribution in [2.24, 2.45) is 5.92 Å². The summed E-state index contributed by atoms with van der Waals surface area (Å²) in [7, 11) is 0. The van der Waals surface area contributed by atoms with Crippen LogP contribution in [-0.4, -0.2) is 35.9 Å². The van der Waals surface area contributed by atoms with Gasteiger partial charge in [0.2, 0.25) is 11.8 Å². The van der Waals surface area contributed by atoms with E-state index in [9.17, 15) is 9.59 Å². The predicted octanol–water partition coefficient (Wildman–Crippen LogP) is -0.256. The van der Waals surface area contributed by atoms with E-state index in [-0.39, 0.29) is 23.8 Å². The van der Waals surface area contributed by atoms with E-state index in [1.54, 1.807) is 0 Å². The van der Waals surface area contributed by atoms with E-state index in [2.05, 4.69) is 10.6 Å². The van der Waals surface area contributed by atoms with E-state index in [4.69, 9.17) is 0 Å². The first kappa shape index (κ1) is 9.83. The topological polar surface area (TPSA) is 58.2 Å². The molecule has 2 aliphatic rings. The van der Waals surface area contributed by atoms with E-state index in [0.717, 1.165) is 24.3 Å². The molecule has 2 unspecified atom stereocenters. The van der Waals surface area contributed by atoms with Crippen molar-refractivity contribution in [1.82, 2.24) is 10.6 Å². The van der Waals surface area contributed by atoms with Gasteiger partial charge in [-0.05, 0) is 18.6 Å². The van der Waals surface area contributed by atoms with Crippen molar-refractivity contribution < 1.29 is 9.59 Å². The highest BCUT2D eigenvalue weighted by atomic mass is 32.2. The van der Waals surface area contributed by atoms with Crippen molar-refractivity contribution in [1.29, 1.82) is 0 Å². The number of carbonyl (C=O) groups excluding carboxylic acids is 2. The molecule has 4 nitrogen and oxygen atoms in total. The summed E-state index contributed by atoms with van der Waals surface area (Å²) in [6, 6.07) is -0.284. The molecule has 78 valence electrons. The summed E-state index contributed by atoms with van der Waals surface area (Å²) in [5, 5.41) is 5.51. The van der Waals surface area contributed by atoms with Crippen LogP contribution in [0.2, 0.25) is 0 Å². The lowest BCUT2D eigenvalue weighted by Gasteiger charge is -2.13. The predicted molar refractivity (Wildman–Crippen MR) is 55.0 cm³/mol. The zero-order valence-corrected chi connectivity index (χ0v) is 8.73. The molecule has 2 saturated heterocycles. The van der Waals surface area contributed by atoms with Crippen molar-refractivity contribution in [3.8, 4) is 0 Å². The maximum Gasteiger partial charge on any atom is 0.242 e. The van der Waals surface area contributed by atoms with Crippen molar-refractivity contribution in [3.05, 3.63) is 0 Å². The molecule has 0 radical (unpaired) electrons. The SMILES string of the molecule is O=C(NC1CCNC1=O)C1CCSC1. The summed E-state index contributed by atoms with van der Waals surface area (Å²) in [6.07, 6.45) is 1.68. The van der Waals surface area contributed by atoms with Crippen LogP contribution in [0.25, 0.3) is 0 Å². The van der Waals surface area contributed by atoms with Gasteiger partial charge in [0.1, 0.15) is 6.04 Å². The molecular weight excluding hydrogens is 200 g/mol. The fourth-order valence-corrected chi connectivity index (χ4v) is 2.98. The molecule has 0 aromatic heterocycles. The van der Waals surface area contributed by atoms with Crippen LogP contribution < -0.4 is 10.6 Å². The van der Waals surface area contributed by atoms with Crippen molar-refractivity contribution in [2.75, 3.05) is 18.1 Å². The van der Waals surface area contributed by atoms with E-state index < -0.39 is 0 Å². The Kier molecular flexibility index (Phi) is 2.96.